The standard InChI is InChI=1S/C8H7NS2/c1-6-5-8(11-9-6)7-3-2-4-10-7/h2-5H,1H3. The molecule has 0 aliphatic carbocycles. The van der Waals surface area contributed by atoms with E-state index in [1.54, 1.807) is 22.9 Å². The van der Waals surface area contributed by atoms with Crippen LogP contribution in [-0.2, 0) is 0 Å². The van der Waals surface area contributed by atoms with Crippen LogP contribution in [0.5, 0.6) is 0 Å². The van der Waals surface area contributed by atoms with E-state index < -0.39 is 0 Å². The molecule has 2 aromatic rings. The summed E-state index contributed by atoms with van der Waals surface area (Å²) in [7, 11) is 0. The number of hydrogen-bond acceptors (Lipinski definition) is 3. The molecule has 0 unspecified atom stereocenters. The van der Waals surface area contributed by atoms with E-state index in [4.69, 9.17) is 0 Å². The molecular formula is C8H7NS2. The molecule has 2 rings (SSSR count). The monoisotopic (exact) mass is 181 g/mol. The molecule has 0 N–H and O–H groups in total. The molecule has 0 atom stereocenters. The van der Waals surface area contributed by atoms with E-state index in [9.17, 15) is 0 Å². The summed E-state index contributed by atoms with van der Waals surface area (Å²) >= 11 is 3.33. The smallest absolute Gasteiger partial charge is 0.0652 e. The maximum atomic E-state index is 4.22. The summed E-state index contributed by atoms with van der Waals surface area (Å²) in [5.41, 5.74) is 1.11. The van der Waals surface area contributed by atoms with Crippen molar-refractivity contribution in [1.29, 1.82) is 0 Å². The number of hydrogen-bond donors (Lipinski definition) is 0. The van der Waals surface area contributed by atoms with Crippen LogP contribution in [0.4, 0.5) is 0 Å². The van der Waals surface area contributed by atoms with Gasteiger partial charge < -0.3 is 0 Å². The Morgan fingerprint density at radius 1 is 1.36 bits per heavy atom. The van der Waals surface area contributed by atoms with Gasteiger partial charge in [-0.05, 0) is 36.0 Å². The second-order valence-corrected chi connectivity index (χ2v) is 4.06. The van der Waals surface area contributed by atoms with Gasteiger partial charge in [-0.25, -0.2) is 0 Å². The lowest BCUT2D eigenvalue weighted by atomic mass is 10.3. The molecular weight excluding hydrogens is 174 g/mol. The van der Waals surface area contributed by atoms with Crippen LogP contribution < -0.4 is 0 Å². The molecule has 56 valence electrons. The summed E-state index contributed by atoms with van der Waals surface area (Å²) in [6.45, 7) is 2.02. The fraction of sp³-hybridized carbons (Fsp3) is 0.125. The molecule has 0 fully saturated rings. The van der Waals surface area contributed by atoms with Crippen LogP contribution in [0.3, 0.4) is 0 Å². The van der Waals surface area contributed by atoms with Crippen LogP contribution in [0.1, 0.15) is 5.69 Å². The van der Waals surface area contributed by atoms with Gasteiger partial charge in [0.25, 0.3) is 0 Å². The summed E-state index contributed by atoms with van der Waals surface area (Å²) in [6, 6.07) is 6.31. The number of aryl methyl sites for hydroxylation is 1. The van der Waals surface area contributed by atoms with Crippen molar-refractivity contribution < 1.29 is 0 Å². The molecule has 0 aromatic carbocycles. The lowest BCUT2D eigenvalue weighted by Gasteiger charge is -1.83. The number of aromatic nitrogens is 1. The molecule has 3 heteroatoms. The van der Waals surface area contributed by atoms with Crippen LogP contribution in [0.25, 0.3) is 9.75 Å². The minimum absolute atomic E-state index is 1.11. The first kappa shape index (κ1) is 7.00. The molecule has 0 saturated carbocycles. The van der Waals surface area contributed by atoms with Crippen molar-refractivity contribution in [2.24, 2.45) is 0 Å². The largest absolute Gasteiger partial charge is 0.197 e. The van der Waals surface area contributed by atoms with Gasteiger partial charge in [-0.3, -0.25) is 0 Å². The van der Waals surface area contributed by atoms with E-state index in [1.165, 1.54) is 9.75 Å². The maximum Gasteiger partial charge on any atom is 0.0652 e. The Labute approximate surface area is 73.5 Å². The van der Waals surface area contributed by atoms with E-state index >= 15 is 0 Å². The average Bonchev–Trinajstić information content (AvgIpc) is 2.55. The van der Waals surface area contributed by atoms with Crippen molar-refractivity contribution in [1.82, 2.24) is 4.37 Å². The third-order valence-electron chi connectivity index (χ3n) is 1.39. The summed E-state index contributed by atoms with van der Waals surface area (Å²) in [6.07, 6.45) is 0. The highest BCUT2D eigenvalue weighted by Gasteiger charge is 2.00. The summed E-state index contributed by atoms with van der Waals surface area (Å²) < 4.78 is 4.22. The van der Waals surface area contributed by atoms with Crippen molar-refractivity contribution in [3.63, 3.8) is 0 Å². The van der Waals surface area contributed by atoms with Gasteiger partial charge in [0.05, 0.1) is 10.6 Å². The Morgan fingerprint density at radius 3 is 2.82 bits per heavy atom. The van der Waals surface area contributed by atoms with E-state index in [2.05, 4.69) is 28.0 Å². The van der Waals surface area contributed by atoms with Gasteiger partial charge in [0, 0.05) is 4.88 Å². The fourth-order valence-electron chi connectivity index (χ4n) is 0.898. The lowest BCUT2D eigenvalue weighted by Crippen LogP contribution is -1.60. The van der Waals surface area contributed by atoms with Gasteiger partial charge in [-0.2, -0.15) is 4.37 Å². The highest BCUT2D eigenvalue weighted by atomic mass is 32.1. The van der Waals surface area contributed by atoms with Crippen molar-refractivity contribution in [3.8, 4) is 9.75 Å². The molecule has 1 nitrogen and oxygen atoms in total. The minimum Gasteiger partial charge on any atom is -0.197 e. The number of thiophene rings is 1. The normalized spacial score (nSPS) is 10.3. The predicted molar refractivity (Wildman–Crippen MR) is 50.2 cm³/mol. The highest BCUT2D eigenvalue weighted by molar-refractivity contribution is 7.18. The zero-order chi connectivity index (χ0) is 7.68. The molecule has 0 bridgehead atoms. The molecule has 0 amide bonds. The average molecular weight is 181 g/mol. The van der Waals surface area contributed by atoms with Crippen LogP contribution in [0.15, 0.2) is 23.6 Å². The first-order valence-electron chi connectivity index (χ1n) is 3.33. The first-order chi connectivity index (χ1) is 5.36. The van der Waals surface area contributed by atoms with E-state index in [0.29, 0.717) is 0 Å². The summed E-state index contributed by atoms with van der Waals surface area (Å²) in [5.74, 6) is 0. The topological polar surface area (TPSA) is 12.9 Å². The second-order valence-electron chi connectivity index (χ2n) is 2.31. The minimum atomic E-state index is 1.11. The summed E-state index contributed by atoms with van der Waals surface area (Å²) in [5, 5.41) is 2.09. The Balaban J connectivity index is 2.45. The third kappa shape index (κ3) is 1.34. The van der Waals surface area contributed by atoms with Gasteiger partial charge in [0.2, 0.25) is 0 Å². The van der Waals surface area contributed by atoms with Crippen molar-refractivity contribution in [2.75, 3.05) is 0 Å². The number of nitrogens with zero attached hydrogens (tertiary/aromatic N) is 1. The van der Waals surface area contributed by atoms with Crippen LogP contribution in [0, 0.1) is 6.92 Å². The fourth-order valence-corrected chi connectivity index (χ4v) is 2.47. The van der Waals surface area contributed by atoms with Gasteiger partial charge in [-0.15, -0.1) is 11.3 Å². The number of rotatable bonds is 1. The SMILES string of the molecule is Cc1cc(-c2cccs2)sn1. The van der Waals surface area contributed by atoms with Gasteiger partial charge >= 0.3 is 0 Å². The Morgan fingerprint density at radius 2 is 2.27 bits per heavy atom. The molecule has 0 radical (unpaired) electrons. The van der Waals surface area contributed by atoms with Gasteiger partial charge in [0.15, 0.2) is 0 Å². The lowest BCUT2D eigenvalue weighted by molar-refractivity contribution is 1.35. The Kier molecular flexibility index (Phi) is 1.75. The van der Waals surface area contributed by atoms with E-state index in [-0.39, 0.29) is 0 Å². The molecule has 0 aliphatic rings. The van der Waals surface area contributed by atoms with Crippen molar-refractivity contribution in [2.45, 2.75) is 6.92 Å². The van der Waals surface area contributed by atoms with Gasteiger partial charge in [-0.1, -0.05) is 6.07 Å². The zero-order valence-corrected chi connectivity index (χ0v) is 7.71. The third-order valence-corrected chi connectivity index (χ3v) is 3.34. The first-order valence-corrected chi connectivity index (χ1v) is 4.99. The highest BCUT2D eigenvalue weighted by Crippen LogP contribution is 2.28. The Bertz CT molecular complexity index is 335. The molecule has 2 aromatic heterocycles. The van der Waals surface area contributed by atoms with Crippen LogP contribution >= 0.6 is 22.9 Å². The van der Waals surface area contributed by atoms with E-state index in [1.807, 2.05) is 6.92 Å². The van der Waals surface area contributed by atoms with Crippen molar-refractivity contribution >= 4 is 22.9 Å². The quantitative estimate of drug-likeness (QED) is 0.658. The summed E-state index contributed by atoms with van der Waals surface area (Å²) in [4.78, 5) is 2.59. The molecule has 11 heavy (non-hydrogen) atoms. The van der Waals surface area contributed by atoms with Crippen molar-refractivity contribution in [3.05, 3.63) is 29.3 Å². The van der Waals surface area contributed by atoms with Gasteiger partial charge in [0.1, 0.15) is 0 Å². The predicted octanol–water partition coefficient (Wildman–Crippen LogP) is 3.18. The molecule has 0 saturated heterocycles. The van der Waals surface area contributed by atoms with Crippen LogP contribution in [-0.4, -0.2) is 4.37 Å². The Hall–Kier alpha value is -0.670. The van der Waals surface area contributed by atoms with E-state index in [0.717, 1.165) is 5.69 Å². The molecule has 0 aliphatic heterocycles. The van der Waals surface area contributed by atoms with Crippen LogP contribution in [0.2, 0.25) is 0 Å². The second kappa shape index (κ2) is 2.75. The zero-order valence-electron chi connectivity index (χ0n) is 6.07. The maximum absolute atomic E-state index is 4.22. The molecule has 0 spiro atoms. The molecule has 2 heterocycles.